The predicted octanol–water partition coefficient (Wildman–Crippen LogP) is 1.88. The minimum atomic E-state index is -0.659. The van der Waals surface area contributed by atoms with Gasteiger partial charge in [0.1, 0.15) is 17.4 Å². The first-order valence-electron chi connectivity index (χ1n) is 6.58. The molecule has 4 heteroatoms. The lowest BCUT2D eigenvalue weighted by atomic mass is 9.74. The Morgan fingerprint density at radius 3 is 2.79 bits per heavy atom. The normalized spacial score (nSPS) is 27.3. The van der Waals surface area contributed by atoms with Crippen LogP contribution in [0.4, 0.5) is 0 Å². The molecular formula is C15H21NO3. The number of benzene rings is 1. The molecule has 0 amide bonds. The summed E-state index contributed by atoms with van der Waals surface area (Å²) < 4.78 is 10.6. The van der Waals surface area contributed by atoms with E-state index in [1.54, 1.807) is 14.2 Å². The van der Waals surface area contributed by atoms with Gasteiger partial charge in [-0.25, -0.2) is 0 Å². The lowest BCUT2D eigenvalue weighted by Crippen LogP contribution is -2.54. The van der Waals surface area contributed by atoms with E-state index in [0.29, 0.717) is 0 Å². The smallest absolute Gasteiger partial charge is 0.185 e. The monoisotopic (exact) mass is 263 g/mol. The van der Waals surface area contributed by atoms with Crippen molar-refractivity contribution in [3.63, 3.8) is 0 Å². The van der Waals surface area contributed by atoms with E-state index in [1.807, 2.05) is 31.3 Å². The van der Waals surface area contributed by atoms with E-state index in [-0.39, 0.29) is 11.9 Å². The zero-order valence-corrected chi connectivity index (χ0v) is 11.7. The Morgan fingerprint density at radius 1 is 1.37 bits per heavy atom. The first kappa shape index (κ1) is 14.0. The largest absolute Gasteiger partial charge is 0.497 e. The fourth-order valence-electron chi connectivity index (χ4n) is 2.87. The topological polar surface area (TPSA) is 47.6 Å². The van der Waals surface area contributed by atoms with E-state index < -0.39 is 5.54 Å². The van der Waals surface area contributed by atoms with Gasteiger partial charge < -0.3 is 14.8 Å². The van der Waals surface area contributed by atoms with Crippen molar-refractivity contribution in [1.82, 2.24) is 5.32 Å². The summed E-state index contributed by atoms with van der Waals surface area (Å²) in [6.07, 6.45) is 2.22. The highest BCUT2D eigenvalue weighted by molar-refractivity contribution is 5.94. The Labute approximate surface area is 114 Å². The summed E-state index contributed by atoms with van der Waals surface area (Å²) >= 11 is 0. The van der Waals surface area contributed by atoms with Crippen LogP contribution < -0.4 is 10.1 Å². The summed E-state index contributed by atoms with van der Waals surface area (Å²) in [5, 5.41) is 3.21. The summed E-state index contributed by atoms with van der Waals surface area (Å²) in [6.45, 7) is 0. The number of ketones is 1. The number of carbonyl (C=O) groups is 1. The van der Waals surface area contributed by atoms with Crippen molar-refractivity contribution in [1.29, 1.82) is 0 Å². The van der Waals surface area contributed by atoms with E-state index >= 15 is 0 Å². The molecule has 1 fully saturated rings. The molecule has 1 aliphatic carbocycles. The highest BCUT2D eigenvalue weighted by atomic mass is 16.5. The Bertz CT molecular complexity index is 460. The van der Waals surface area contributed by atoms with Crippen molar-refractivity contribution in [3.05, 3.63) is 29.8 Å². The maximum Gasteiger partial charge on any atom is 0.185 e. The predicted molar refractivity (Wildman–Crippen MR) is 73.4 cm³/mol. The molecule has 2 rings (SSSR count). The number of nitrogens with one attached hydrogen (secondary N) is 1. The van der Waals surface area contributed by atoms with Crippen LogP contribution in [0.1, 0.15) is 24.8 Å². The fraction of sp³-hybridized carbons (Fsp3) is 0.533. The van der Waals surface area contributed by atoms with Gasteiger partial charge in [0.2, 0.25) is 0 Å². The molecule has 19 heavy (non-hydrogen) atoms. The Hall–Kier alpha value is -1.39. The highest BCUT2D eigenvalue weighted by Crippen LogP contribution is 2.36. The van der Waals surface area contributed by atoms with Gasteiger partial charge in [-0.1, -0.05) is 12.1 Å². The number of methoxy groups -OCH3 is 2. The number of hydrogen-bond acceptors (Lipinski definition) is 4. The molecule has 0 aromatic heterocycles. The SMILES string of the molecule is CN[C@@]1(c2cccc(OC)c2)CCC[C@@H](OC)C1=O. The fourth-order valence-corrected chi connectivity index (χ4v) is 2.87. The molecule has 0 aliphatic heterocycles. The van der Waals surface area contributed by atoms with Gasteiger partial charge in [0.25, 0.3) is 0 Å². The first-order valence-corrected chi connectivity index (χ1v) is 6.58. The standard InChI is InChI=1S/C15H21NO3/c1-16-15(9-5-8-13(19-3)14(15)17)11-6-4-7-12(10-11)18-2/h4,6-7,10,13,16H,5,8-9H2,1-3H3/t13-,15-/m1/s1. The van der Waals surface area contributed by atoms with Gasteiger partial charge in [0.15, 0.2) is 5.78 Å². The van der Waals surface area contributed by atoms with Crippen LogP contribution in [-0.4, -0.2) is 33.2 Å². The first-order chi connectivity index (χ1) is 9.17. The molecule has 4 nitrogen and oxygen atoms in total. The number of likely N-dealkylation sites (N-methyl/N-ethyl adjacent to an activating group) is 1. The van der Waals surface area contributed by atoms with Gasteiger partial charge in [-0.2, -0.15) is 0 Å². The van der Waals surface area contributed by atoms with Gasteiger partial charge >= 0.3 is 0 Å². The van der Waals surface area contributed by atoms with Crippen LogP contribution in [-0.2, 0) is 15.1 Å². The quantitative estimate of drug-likeness (QED) is 0.901. The molecule has 0 heterocycles. The van der Waals surface area contributed by atoms with E-state index in [4.69, 9.17) is 9.47 Å². The van der Waals surface area contributed by atoms with Gasteiger partial charge in [0.05, 0.1) is 7.11 Å². The third kappa shape index (κ3) is 2.38. The van der Waals surface area contributed by atoms with Crippen LogP contribution in [0.5, 0.6) is 5.75 Å². The average molecular weight is 263 g/mol. The molecule has 104 valence electrons. The molecule has 1 aromatic rings. The summed E-state index contributed by atoms with van der Waals surface area (Å²) in [6, 6.07) is 7.69. The molecule has 1 aromatic carbocycles. The molecular weight excluding hydrogens is 242 g/mol. The van der Waals surface area contributed by atoms with Crippen molar-refractivity contribution in [2.75, 3.05) is 21.3 Å². The molecule has 1 N–H and O–H groups in total. The lowest BCUT2D eigenvalue weighted by Gasteiger charge is -2.39. The van der Waals surface area contributed by atoms with Crippen LogP contribution in [0, 0.1) is 0 Å². The summed E-state index contributed by atoms with van der Waals surface area (Å²) in [5.74, 6) is 0.872. The molecule has 1 saturated carbocycles. The maximum atomic E-state index is 12.7. The Morgan fingerprint density at radius 2 is 2.16 bits per heavy atom. The number of ether oxygens (including phenoxy) is 2. The molecule has 0 spiro atoms. The second-order valence-electron chi connectivity index (χ2n) is 4.87. The summed E-state index contributed by atoms with van der Waals surface area (Å²) in [5.41, 5.74) is 0.286. The third-order valence-corrected chi connectivity index (χ3v) is 4.00. The van der Waals surface area contributed by atoms with Crippen LogP contribution >= 0.6 is 0 Å². The van der Waals surface area contributed by atoms with E-state index in [9.17, 15) is 4.79 Å². The van der Waals surface area contributed by atoms with E-state index in [0.717, 1.165) is 30.6 Å². The number of Topliss-reactive ketones (excluding diaryl/α,β-unsaturated/α-hetero) is 1. The summed E-state index contributed by atoms with van der Waals surface area (Å²) in [4.78, 5) is 12.7. The van der Waals surface area contributed by atoms with E-state index in [1.165, 1.54) is 0 Å². The molecule has 0 bridgehead atoms. The van der Waals surface area contributed by atoms with Crippen LogP contribution in [0.3, 0.4) is 0 Å². The minimum Gasteiger partial charge on any atom is -0.497 e. The van der Waals surface area contributed by atoms with Gasteiger partial charge in [-0.05, 0) is 44.0 Å². The Kier molecular flexibility index (Phi) is 4.22. The van der Waals surface area contributed by atoms with Gasteiger partial charge in [-0.3, -0.25) is 4.79 Å². The van der Waals surface area contributed by atoms with Crippen molar-refractivity contribution < 1.29 is 14.3 Å². The maximum absolute atomic E-state index is 12.7. The van der Waals surface area contributed by atoms with Crippen molar-refractivity contribution >= 4 is 5.78 Å². The zero-order chi connectivity index (χ0) is 13.9. The summed E-state index contributed by atoms with van der Waals surface area (Å²) in [7, 11) is 5.06. The van der Waals surface area contributed by atoms with Crippen LogP contribution in [0.15, 0.2) is 24.3 Å². The van der Waals surface area contributed by atoms with Crippen LogP contribution in [0.25, 0.3) is 0 Å². The third-order valence-electron chi connectivity index (χ3n) is 4.00. The minimum absolute atomic E-state index is 0.108. The molecule has 1 aliphatic rings. The molecule has 0 saturated heterocycles. The average Bonchev–Trinajstić information content (AvgIpc) is 2.48. The van der Waals surface area contributed by atoms with Gasteiger partial charge in [-0.15, -0.1) is 0 Å². The number of carbonyl (C=O) groups excluding carboxylic acids is 1. The Balaban J connectivity index is 2.43. The van der Waals surface area contributed by atoms with Crippen molar-refractivity contribution in [2.24, 2.45) is 0 Å². The van der Waals surface area contributed by atoms with Crippen molar-refractivity contribution in [3.8, 4) is 5.75 Å². The molecule has 0 radical (unpaired) electrons. The molecule has 2 atom stereocenters. The molecule has 0 unspecified atom stereocenters. The second-order valence-corrected chi connectivity index (χ2v) is 4.87. The highest BCUT2D eigenvalue weighted by Gasteiger charge is 2.45. The van der Waals surface area contributed by atoms with E-state index in [2.05, 4.69) is 5.32 Å². The van der Waals surface area contributed by atoms with Gasteiger partial charge in [0, 0.05) is 7.11 Å². The van der Waals surface area contributed by atoms with Crippen LogP contribution in [0.2, 0.25) is 0 Å². The zero-order valence-electron chi connectivity index (χ0n) is 11.7. The van der Waals surface area contributed by atoms with Crippen molar-refractivity contribution in [2.45, 2.75) is 30.9 Å². The second kappa shape index (κ2) is 5.72. The lowest BCUT2D eigenvalue weighted by molar-refractivity contribution is -0.139. The number of hydrogen-bond donors (Lipinski definition) is 1. The number of rotatable bonds is 4.